The Morgan fingerprint density at radius 1 is 1.22 bits per heavy atom. The molecule has 90 valence electrons. The van der Waals surface area contributed by atoms with Crippen LogP contribution in [0.15, 0.2) is 30.5 Å². The molecule has 0 spiro atoms. The standard InChI is InChI=1S/C13H9Cl2N3/c14-10-5-9(6-11(15)7-10)12-8(1-3-16)2-4-18-13(12)17/h2,4-7H,1H2,(H2,17,18). The molecule has 2 aromatic rings. The second-order valence-corrected chi connectivity index (χ2v) is 4.60. The van der Waals surface area contributed by atoms with Crippen LogP contribution in [0.3, 0.4) is 0 Å². The van der Waals surface area contributed by atoms with Crippen LogP contribution in [-0.2, 0) is 6.42 Å². The zero-order chi connectivity index (χ0) is 13.1. The Bertz CT molecular complexity index is 612. The molecule has 0 aliphatic carbocycles. The summed E-state index contributed by atoms with van der Waals surface area (Å²) in [6.07, 6.45) is 1.84. The fraction of sp³-hybridized carbons (Fsp3) is 0.0769. The van der Waals surface area contributed by atoms with E-state index in [0.29, 0.717) is 21.4 Å². The number of pyridine rings is 1. The van der Waals surface area contributed by atoms with Gasteiger partial charge in [-0.2, -0.15) is 5.26 Å². The van der Waals surface area contributed by atoms with Crippen molar-refractivity contribution in [1.29, 1.82) is 5.26 Å². The Morgan fingerprint density at radius 3 is 2.50 bits per heavy atom. The minimum atomic E-state index is 0.256. The molecule has 0 bridgehead atoms. The highest BCUT2D eigenvalue weighted by atomic mass is 35.5. The summed E-state index contributed by atoms with van der Waals surface area (Å²) >= 11 is 11.9. The number of benzene rings is 1. The zero-order valence-corrected chi connectivity index (χ0v) is 10.8. The summed E-state index contributed by atoms with van der Waals surface area (Å²) < 4.78 is 0. The molecule has 1 heterocycles. The predicted octanol–water partition coefficient (Wildman–Crippen LogP) is 3.70. The molecule has 0 aliphatic rings. The molecule has 3 nitrogen and oxygen atoms in total. The topological polar surface area (TPSA) is 62.7 Å². The highest BCUT2D eigenvalue weighted by Gasteiger charge is 2.11. The summed E-state index contributed by atoms with van der Waals surface area (Å²) in [5.74, 6) is 0.362. The van der Waals surface area contributed by atoms with E-state index in [1.807, 2.05) is 0 Å². The molecule has 0 radical (unpaired) electrons. The highest BCUT2D eigenvalue weighted by molar-refractivity contribution is 6.35. The molecule has 0 amide bonds. The van der Waals surface area contributed by atoms with Gasteiger partial charge in [-0.3, -0.25) is 0 Å². The number of nitrogens with zero attached hydrogens (tertiary/aromatic N) is 2. The first-order valence-corrected chi connectivity index (χ1v) is 5.94. The first-order valence-electron chi connectivity index (χ1n) is 5.18. The maximum absolute atomic E-state index is 8.83. The Labute approximate surface area is 115 Å². The van der Waals surface area contributed by atoms with Gasteiger partial charge in [0.05, 0.1) is 12.5 Å². The van der Waals surface area contributed by atoms with Crippen molar-refractivity contribution in [2.75, 3.05) is 5.73 Å². The van der Waals surface area contributed by atoms with E-state index in [9.17, 15) is 0 Å². The number of nitriles is 1. The summed E-state index contributed by atoms with van der Waals surface area (Å²) in [5.41, 5.74) is 8.16. The van der Waals surface area contributed by atoms with E-state index < -0.39 is 0 Å². The van der Waals surface area contributed by atoms with Gasteiger partial charge in [0.2, 0.25) is 0 Å². The lowest BCUT2D eigenvalue weighted by Gasteiger charge is -2.10. The van der Waals surface area contributed by atoms with Crippen molar-refractivity contribution >= 4 is 29.0 Å². The van der Waals surface area contributed by atoms with E-state index in [-0.39, 0.29) is 6.42 Å². The molecule has 0 atom stereocenters. The smallest absolute Gasteiger partial charge is 0.131 e. The average Bonchev–Trinajstić information content (AvgIpc) is 2.28. The van der Waals surface area contributed by atoms with Crippen molar-refractivity contribution < 1.29 is 0 Å². The van der Waals surface area contributed by atoms with Gasteiger partial charge in [-0.05, 0) is 35.4 Å². The minimum Gasteiger partial charge on any atom is -0.383 e. The van der Waals surface area contributed by atoms with Gasteiger partial charge in [-0.1, -0.05) is 23.2 Å². The fourth-order valence-corrected chi connectivity index (χ4v) is 2.31. The van der Waals surface area contributed by atoms with Gasteiger partial charge in [0, 0.05) is 21.8 Å². The van der Waals surface area contributed by atoms with Crippen molar-refractivity contribution in [1.82, 2.24) is 4.98 Å². The molecule has 0 saturated carbocycles. The van der Waals surface area contributed by atoms with Gasteiger partial charge in [-0.15, -0.1) is 0 Å². The van der Waals surface area contributed by atoms with Gasteiger partial charge in [0.25, 0.3) is 0 Å². The number of nitrogens with two attached hydrogens (primary N) is 1. The molecular weight excluding hydrogens is 269 g/mol. The molecule has 1 aromatic heterocycles. The number of halogens is 2. The SMILES string of the molecule is N#CCc1ccnc(N)c1-c1cc(Cl)cc(Cl)c1. The van der Waals surface area contributed by atoms with Crippen LogP contribution in [0.4, 0.5) is 5.82 Å². The van der Waals surface area contributed by atoms with Crippen molar-refractivity contribution in [2.45, 2.75) is 6.42 Å². The van der Waals surface area contributed by atoms with Crippen molar-refractivity contribution in [2.24, 2.45) is 0 Å². The molecule has 1 aromatic carbocycles. The van der Waals surface area contributed by atoms with Crippen LogP contribution in [0.5, 0.6) is 0 Å². The van der Waals surface area contributed by atoms with Gasteiger partial charge in [-0.25, -0.2) is 4.98 Å². The Morgan fingerprint density at radius 2 is 1.89 bits per heavy atom. The normalized spacial score (nSPS) is 10.1. The van der Waals surface area contributed by atoms with Gasteiger partial charge >= 0.3 is 0 Å². The van der Waals surface area contributed by atoms with E-state index in [0.717, 1.165) is 11.1 Å². The molecule has 0 fully saturated rings. The fourth-order valence-electron chi connectivity index (χ4n) is 1.78. The van der Waals surface area contributed by atoms with Crippen molar-refractivity contribution in [3.8, 4) is 17.2 Å². The number of hydrogen-bond acceptors (Lipinski definition) is 3. The third kappa shape index (κ3) is 2.56. The number of nitrogen functional groups attached to an aromatic ring is 1. The van der Waals surface area contributed by atoms with Crippen LogP contribution in [-0.4, -0.2) is 4.98 Å². The molecule has 0 aliphatic heterocycles. The highest BCUT2D eigenvalue weighted by Crippen LogP contribution is 2.32. The summed E-state index contributed by atoms with van der Waals surface area (Å²) in [7, 11) is 0. The number of anilines is 1. The first-order chi connectivity index (χ1) is 8.61. The summed E-state index contributed by atoms with van der Waals surface area (Å²) in [6.45, 7) is 0. The van der Waals surface area contributed by atoms with Crippen LogP contribution >= 0.6 is 23.2 Å². The maximum atomic E-state index is 8.83. The Kier molecular flexibility index (Phi) is 3.71. The summed E-state index contributed by atoms with van der Waals surface area (Å²) in [6, 6.07) is 9.01. The lowest BCUT2D eigenvalue weighted by Crippen LogP contribution is -1.98. The third-order valence-corrected chi connectivity index (χ3v) is 2.92. The number of hydrogen-bond donors (Lipinski definition) is 1. The average molecular weight is 278 g/mol. The zero-order valence-electron chi connectivity index (χ0n) is 9.32. The van der Waals surface area contributed by atoms with Crippen LogP contribution in [0.1, 0.15) is 5.56 Å². The second-order valence-electron chi connectivity index (χ2n) is 3.72. The van der Waals surface area contributed by atoms with Gasteiger partial charge in [0.15, 0.2) is 0 Å². The van der Waals surface area contributed by atoms with Crippen LogP contribution < -0.4 is 5.73 Å². The molecular formula is C13H9Cl2N3. The van der Waals surface area contributed by atoms with Crippen LogP contribution in [0, 0.1) is 11.3 Å². The molecule has 2 N–H and O–H groups in total. The lowest BCUT2D eigenvalue weighted by molar-refractivity contribution is 1.22. The maximum Gasteiger partial charge on any atom is 0.131 e. The van der Waals surface area contributed by atoms with E-state index in [4.69, 9.17) is 34.2 Å². The Hall–Kier alpha value is -1.76. The van der Waals surface area contributed by atoms with Crippen molar-refractivity contribution in [3.05, 3.63) is 46.1 Å². The molecule has 0 unspecified atom stereocenters. The largest absolute Gasteiger partial charge is 0.383 e. The molecule has 0 saturated heterocycles. The lowest BCUT2D eigenvalue weighted by atomic mass is 9.99. The molecule has 18 heavy (non-hydrogen) atoms. The number of rotatable bonds is 2. The van der Waals surface area contributed by atoms with Crippen LogP contribution in [0.25, 0.3) is 11.1 Å². The first kappa shape index (κ1) is 12.7. The molecule has 5 heteroatoms. The Balaban J connectivity index is 2.66. The quantitative estimate of drug-likeness (QED) is 0.910. The van der Waals surface area contributed by atoms with Gasteiger partial charge < -0.3 is 5.73 Å². The van der Waals surface area contributed by atoms with Crippen molar-refractivity contribution in [3.63, 3.8) is 0 Å². The summed E-state index contributed by atoms with van der Waals surface area (Å²) in [4.78, 5) is 4.04. The monoisotopic (exact) mass is 277 g/mol. The van der Waals surface area contributed by atoms with E-state index >= 15 is 0 Å². The summed E-state index contributed by atoms with van der Waals surface area (Å²) in [5, 5.41) is 9.86. The minimum absolute atomic E-state index is 0.256. The second kappa shape index (κ2) is 5.26. The van der Waals surface area contributed by atoms with E-state index in [1.54, 1.807) is 30.5 Å². The third-order valence-electron chi connectivity index (χ3n) is 2.49. The van der Waals surface area contributed by atoms with Gasteiger partial charge in [0.1, 0.15) is 5.82 Å². The number of aromatic nitrogens is 1. The van der Waals surface area contributed by atoms with E-state index in [1.165, 1.54) is 0 Å². The predicted molar refractivity (Wildman–Crippen MR) is 73.4 cm³/mol. The van der Waals surface area contributed by atoms with E-state index in [2.05, 4.69) is 11.1 Å². The van der Waals surface area contributed by atoms with Crippen LogP contribution in [0.2, 0.25) is 10.0 Å². The molecule has 2 rings (SSSR count).